The Morgan fingerprint density at radius 3 is 0.599 bits per heavy atom. The molecule has 0 amide bonds. The van der Waals surface area contributed by atoms with Gasteiger partial charge in [0.25, 0.3) is 0 Å². The number of rotatable bonds is 14. The summed E-state index contributed by atoms with van der Waals surface area (Å²) >= 11 is 0. The molecule has 752 valence electrons. The molecule has 16 saturated heterocycles. The minimum absolute atomic E-state index is 0.0151. The molecule has 16 heterocycles. The Balaban J connectivity index is 0.000000137. The standard InChI is InChI=1S/C15H18O6.C15H12O6.C14H16O6.C14H10O6.C10H10O6.2C9H8O6.C8H6O6/c2*16-12-5-10(6-13(17)20-12)8-1-3-9(4-2-8)11-7-14(18)21-15(11)19;2*15-11-5-9(13(17)19-11)7-1-2-8(4-3-7)10-6-12(16)20-14(10)18;11-7-2-5(3-8(12)15-7)1-6-4-9(13)16-10(6)14;10-6-1-4(2-7(11)14-6)5-3-8(12)15-9(5)13;10-6-2-4(8(12)14-6)1-5-3-7(11)15-9(5)13;9-5-1-3(7(11)13-5)4-2-6(10)14-8(4)12/h8-11H,1-7H2;1-4,10-11H,5-7H2;7-10H,1-6H2;1-4,9-10H,5-6H2;5-6H,1-4H2;2*4-5H,1-3H2;3-4H,1-2H2. The summed E-state index contributed by atoms with van der Waals surface area (Å²) in [7, 11) is 0. The quantitative estimate of drug-likeness (QED) is 0.149. The smallest absolute Gasteiger partial charge is 0.321 e. The van der Waals surface area contributed by atoms with Gasteiger partial charge in [-0.1, -0.05) is 48.5 Å². The minimum atomic E-state index is -0.846. The highest BCUT2D eigenvalue weighted by Crippen LogP contribution is 2.46. The van der Waals surface area contributed by atoms with Crippen molar-refractivity contribution < 1.29 is 229 Å². The van der Waals surface area contributed by atoms with Crippen LogP contribution in [0.4, 0.5) is 0 Å². The van der Waals surface area contributed by atoms with Crippen LogP contribution in [0.3, 0.4) is 0 Å². The van der Waals surface area contributed by atoms with E-state index in [9.17, 15) is 153 Å². The molecule has 2 aromatic carbocycles. The first-order chi connectivity index (χ1) is 67.4. The van der Waals surface area contributed by atoms with E-state index in [-0.39, 0.29) is 181 Å². The average molecular weight is 1990 g/mol. The van der Waals surface area contributed by atoms with Crippen LogP contribution < -0.4 is 0 Å². The molecule has 0 aromatic heterocycles. The summed E-state index contributed by atoms with van der Waals surface area (Å²) in [4.78, 5) is 356. The Bertz CT molecular complexity index is 5440. The fourth-order valence-corrected chi connectivity index (χ4v) is 19.9. The maximum absolute atomic E-state index is 11.6. The van der Waals surface area contributed by atoms with E-state index in [1.54, 1.807) is 48.5 Å². The summed E-state index contributed by atoms with van der Waals surface area (Å²) in [5, 5.41) is 0. The molecule has 2 saturated carbocycles. The zero-order chi connectivity index (χ0) is 103. The third-order valence-corrected chi connectivity index (χ3v) is 27.1. The maximum atomic E-state index is 11.6. The van der Waals surface area contributed by atoms with Crippen LogP contribution in [-0.2, 0) is 229 Å². The van der Waals surface area contributed by atoms with Crippen LogP contribution in [0.5, 0.6) is 0 Å². The van der Waals surface area contributed by atoms with Gasteiger partial charge in [0.2, 0.25) is 0 Å². The Morgan fingerprint density at radius 1 is 0.155 bits per heavy atom. The molecule has 48 nitrogen and oxygen atoms in total. The molecule has 18 aliphatic rings. The van der Waals surface area contributed by atoms with E-state index >= 15 is 0 Å². The first-order valence-electron chi connectivity index (χ1n) is 45.5. The van der Waals surface area contributed by atoms with Gasteiger partial charge >= 0.3 is 191 Å². The van der Waals surface area contributed by atoms with Gasteiger partial charge in [0, 0.05) is 31.6 Å². The summed E-state index contributed by atoms with van der Waals surface area (Å²) in [6.07, 6.45) is 8.54. The van der Waals surface area contributed by atoms with Crippen molar-refractivity contribution in [2.24, 2.45) is 94.7 Å². The van der Waals surface area contributed by atoms with Crippen LogP contribution in [0, 0.1) is 94.7 Å². The van der Waals surface area contributed by atoms with E-state index in [0.29, 0.717) is 41.9 Å². The Kier molecular flexibility index (Phi) is 33.5. The van der Waals surface area contributed by atoms with Gasteiger partial charge in [0.1, 0.15) is 0 Å². The lowest BCUT2D eigenvalue weighted by molar-refractivity contribution is -0.169. The van der Waals surface area contributed by atoms with E-state index < -0.39 is 244 Å². The lowest BCUT2D eigenvalue weighted by atomic mass is 9.70. The normalized spacial score (nSPS) is 29.9. The van der Waals surface area contributed by atoms with Crippen LogP contribution in [0.2, 0.25) is 0 Å². The van der Waals surface area contributed by atoms with Crippen LogP contribution in [0.1, 0.15) is 239 Å². The summed E-state index contributed by atoms with van der Waals surface area (Å²) < 4.78 is 71.0. The first-order valence-corrected chi connectivity index (χ1v) is 45.5. The highest BCUT2D eigenvalue weighted by molar-refractivity contribution is 6.05. The molecule has 2 aliphatic carbocycles. The van der Waals surface area contributed by atoms with Crippen molar-refractivity contribution in [3.63, 3.8) is 0 Å². The molecule has 0 bridgehead atoms. The molecule has 12 unspecified atom stereocenters. The number of cyclic esters (lactones) is 32. The maximum Gasteiger partial charge on any atom is 0.321 e. The van der Waals surface area contributed by atoms with E-state index in [2.05, 4.69) is 75.8 Å². The molecule has 48 heteroatoms. The number of carbonyl (C=O) groups is 32. The number of carbonyl (C=O) groups excluding carboxylic acids is 32. The number of hydrogen-bond donors (Lipinski definition) is 0. The van der Waals surface area contributed by atoms with Crippen molar-refractivity contribution in [1.29, 1.82) is 0 Å². The van der Waals surface area contributed by atoms with Crippen molar-refractivity contribution in [2.75, 3.05) is 0 Å². The van der Waals surface area contributed by atoms with Crippen molar-refractivity contribution in [1.82, 2.24) is 0 Å². The molecule has 20 rings (SSSR count). The average Bonchev–Trinajstić information content (AvgIpc) is 1.68. The zero-order valence-corrected chi connectivity index (χ0v) is 75.0. The molecular formula is C94H88O48. The molecular weight excluding hydrogens is 1900 g/mol. The SMILES string of the molecule is O=C1CC(C2CC(=O)OC2=O)C(=O)O1.O=C1CC(C2CC(=O)OC2=O)CC(=O)O1.O=C1CC(C2CCC(C3CC(=O)OC3=O)CC2)C(=O)O1.O=C1CC(C2CCC(C3CC(=O)OC3=O)CC2)CC(=O)O1.O=C1CC(CC2CC(=O)OC2=O)C(=O)O1.O=C1CC(CC2CC(=O)OC2=O)CC(=O)O1.O=C1CC(c2ccc(C3CC(=O)OC3=O)cc2)C(=O)O1.O=C1CC(c2ccc(C3CC(=O)OC3=O)cc2)CC(=O)O1. The van der Waals surface area contributed by atoms with Gasteiger partial charge in [-0.15, -0.1) is 0 Å². The van der Waals surface area contributed by atoms with Crippen molar-refractivity contribution in [2.45, 2.75) is 216 Å². The molecule has 16 aliphatic heterocycles. The fourth-order valence-electron chi connectivity index (χ4n) is 19.9. The first kappa shape index (κ1) is 104. The van der Waals surface area contributed by atoms with Gasteiger partial charge in [-0.3, -0.25) is 153 Å². The van der Waals surface area contributed by atoms with Crippen LogP contribution in [0.15, 0.2) is 48.5 Å². The highest BCUT2D eigenvalue weighted by atomic mass is 16.7. The van der Waals surface area contributed by atoms with Crippen molar-refractivity contribution in [3.8, 4) is 0 Å². The fraction of sp³-hybridized carbons (Fsp3) is 0.532. The van der Waals surface area contributed by atoms with Crippen LogP contribution in [-0.4, -0.2) is 191 Å². The predicted molar refractivity (Wildman–Crippen MR) is 436 cm³/mol. The topological polar surface area (TPSA) is 694 Å². The van der Waals surface area contributed by atoms with E-state index in [0.717, 1.165) is 56.9 Å². The molecule has 142 heavy (non-hydrogen) atoms. The Hall–Kier alpha value is -15.3. The Morgan fingerprint density at radius 2 is 0.352 bits per heavy atom. The van der Waals surface area contributed by atoms with Crippen LogP contribution in [0.25, 0.3) is 0 Å². The third-order valence-electron chi connectivity index (χ3n) is 27.1. The second-order valence-corrected chi connectivity index (χ2v) is 36.6. The monoisotopic (exact) mass is 1980 g/mol. The lowest BCUT2D eigenvalue weighted by Crippen LogP contribution is -2.33. The molecule has 18 fully saturated rings. The number of hydrogen-bond acceptors (Lipinski definition) is 48. The minimum Gasteiger partial charge on any atom is -0.393 e. The van der Waals surface area contributed by atoms with Gasteiger partial charge in [-0.05, 0) is 128 Å². The lowest BCUT2D eigenvalue weighted by Gasteiger charge is -2.35. The summed E-state index contributed by atoms with van der Waals surface area (Å²) in [5.41, 5.74) is 2.84. The van der Waals surface area contributed by atoms with Gasteiger partial charge in [-0.25, -0.2) is 0 Å². The number of benzene rings is 2. The van der Waals surface area contributed by atoms with E-state index in [4.69, 9.17) is 0 Å². The van der Waals surface area contributed by atoms with E-state index in [1.165, 1.54) is 0 Å². The highest BCUT2D eigenvalue weighted by Gasteiger charge is 2.52. The molecule has 2 aromatic rings. The third kappa shape index (κ3) is 27.2. The number of esters is 32. The summed E-state index contributed by atoms with van der Waals surface area (Å²) in [6, 6.07) is 13.6. The largest absolute Gasteiger partial charge is 0.393 e. The molecule has 0 N–H and O–H groups in total. The summed E-state index contributed by atoms with van der Waals surface area (Å²) in [6.45, 7) is 0. The van der Waals surface area contributed by atoms with Gasteiger partial charge < -0.3 is 75.8 Å². The van der Waals surface area contributed by atoms with Gasteiger partial charge in [0.05, 0.1) is 174 Å². The zero-order valence-electron chi connectivity index (χ0n) is 75.0. The predicted octanol–water partition coefficient (Wildman–Crippen LogP) is 2.55. The Labute approximate surface area is 798 Å². The summed E-state index contributed by atoms with van der Waals surface area (Å²) in [5.74, 6) is -24.4. The number of ether oxygens (including phenoxy) is 16. The van der Waals surface area contributed by atoms with Crippen LogP contribution >= 0.6 is 0 Å². The second-order valence-electron chi connectivity index (χ2n) is 36.6. The van der Waals surface area contributed by atoms with Crippen molar-refractivity contribution in [3.05, 3.63) is 70.8 Å². The van der Waals surface area contributed by atoms with Gasteiger partial charge in [0.15, 0.2) is 0 Å². The van der Waals surface area contributed by atoms with Crippen molar-refractivity contribution >= 4 is 191 Å². The van der Waals surface area contributed by atoms with Gasteiger partial charge in [-0.2, -0.15) is 0 Å². The molecule has 0 spiro atoms. The second kappa shape index (κ2) is 45.7. The molecule has 0 radical (unpaired) electrons. The molecule has 12 atom stereocenters. The van der Waals surface area contributed by atoms with E-state index in [1.807, 2.05) is 0 Å².